The fourth-order valence-corrected chi connectivity index (χ4v) is 3.61. The Morgan fingerprint density at radius 3 is 1.54 bits per heavy atom. The van der Waals surface area contributed by atoms with Gasteiger partial charge in [0.15, 0.2) is 0 Å². The molecule has 0 aliphatic carbocycles. The van der Waals surface area contributed by atoms with Gasteiger partial charge >= 0.3 is 8.25 Å². The number of rotatable bonds is 6. The van der Waals surface area contributed by atoms with Crippen molar-refractivity contribution in [3.8, 4) is 11.5 Å². The summed E-state index contributed by atoms with van der Waals surface area (Å²) in [5.74, 6) is 1.09. The second kappa shape index (κ2) is 6.25. The van der Waals surface area contributed by atoms with Gasteiger partial charge in [-0.15, -0.1) is 0 Å². The molecular weight excluding hydrogens is 327 g/mol. The minimum Gasteiger partial charge on any atom is -0.418 e. The van der Waals surface area contributed by atoms with Crippen molar-refractivity contribution in [1.82, 2.24) is 0 Å². The summed E-state index contributed by atoms with van der Waals surface area (Å²) in [6, 6.07) is 14.9. The molecule has 24 heavy (non-hydrogen) atoms. The molecule has 4 atom stereocenters. The molecular formula is C18H19O5P. The van der Waals surface area contributed by atoms with Gasteiger partial charge in [-0.2, -0.15) is 0 Å². The number of benzene rings is 2. The Kier molecular flexibility index (Phi) is 4.09. The minimum atomic E-state index is -2.74. The van der Waals surface area contributed by atoms with Crippen LogP contribution in [0, 0.1) is 0 Å². The molecule has 0 aromatic heterocycles. The molecule has 2 heterocycles. The molecule has 6 heteroatoms. The molecule has 2 aliphatic rings. The topological polar surface area (TPSA) is 60.6 Å². The molecule has 126 valence electrons. The first-order chi connectivity index (χ1) is 11.6. The van der Waals surface area contributed by atoms with Crippen LogP contribution in [0.15, 0.2) is 48.5 Å². The molecule has 2 saturated heterocycles. The lowest BCUT2D eigenvalue weighted by atomic mass is 10.1. The first kappa shape index (κ1) is 15.7. The van der Waals surface area contributed by atoms with E-state index >= 15 is 0 Å². The maximum absolute atomic E-state index is 12.4. The van der Waals surface area contributed by atoms with Crippen LogP contribution in [0.2, 0.25) is 0 Å². The van der Waals surface area contributed by atoms with Crippen molar-refractivity contribution in [2.24, 2.45) is 0 Å². The van der Waals surface area contributed by atoms with Crippen molar-refractivity contribution in [3.05, 3.63) is 59.7 Å². The number of hydrogen-bond donors (Lipinski definition) is 0. The fraction of sp³-hybridized carbons (Fsp3) is 0.333. The van der Waals surface area contributed by atoms with E-state index in [0.29, 0.717) is 11.5 Å². The Balaban J connectivity index is 1.49. The fourth-order valence-electron chi connectivity index (χ4n) is 2.84. The highest BCUT2D eigenvalue weighted by Gasteiger charge is 2.39. The van der Waals surface area contributed by atoms with Crippen LogP contribution in [0.5, 0.6) is 11.5 Å². The molecule has 2 fully saturated rings. The summed E-state index contributed by atoms with van der Waals surface area (Å²) in [7, 11) is -2.74. The van der Waals surface area contributed by atoms with Crippen LogP contribution < -0.4 is 9.05 Å². The summed E-state index contributed by atoms with van der Waals surface area (Å²) in [6.07, 6.45) is 0.326. The van der Waals surface area contributed by atoms with Gasteiger partial charge < -0.3 is 18.5 Å². The van der Waals surface area contributed by atoms with E-state index in [1.807, 2.05) is 50.2 Å². The third kappa shape index (κ3) is 3.20. The maximum Gasteiger partial charge on any atom is 0.418 e. The second-order valence-corrected chi connectivity index (χ2v) is 6.96. The zero-order chi connectivity index (χ0) is 16.7. The van der Waals surface area contributed by atoms with Gasteiger partial charge in [0.2, 0.25) is 0 Å². The molecule has 2 aliphatic heterocycles. The Bertz CT molecular complexity index is 714. The Morgan fingerprint density at radius 1 is 0.792 bits per heavy atom. The average molecular weight is 346 g/mol. The van der Waals surface area contributed by atoms with Crippen LogP contribution in [0.3, 0.4) is 0 Å². The third-order valence-electron chi connectivity index (χ3n) is 4.26. The largest absolute Gasteiger partial charge is 0.418 e. The second-order valence-electron chi connectivity index (χ2n) is 6.05. The van der Waals surface area contributed by atoms with Crippen molar-refractivity contribution in [2.75, 3.05) is 0 Å². The highest BCUT2D eigenvalue weighted by Crippen LogP contribution is 2.47. The van der Waals surface area contributed by atoms with Crippen molar-refractivity contribution in [3.63, 3.8) is 0 Å². The summed E-state index contributed by atoms with van der Waals surface area (Å²) in [4.78, 5) is 0. The van der Waals surface area contributed by atoms with Crippen LogP contribution in [-0.2, 0) is 14.0 Å². The van der Waals surface area contributed by atoms with Crippen LogP contribution in [0.25, 0.3) is 0 Å². The maximum atomic E-state index is 12.4. The zero-order valence-electron chi connectivity index (χ0n) is 13.5. The van der Waals surface area contributed by atoms with Gasteiger partial charge in [-0.3, -0.25) is 0 Å². The summed E-state index contributed by atoms with van der Waals surface area (Å²) < 4.78 is 34.5. The lowest BCUT2D eigenvalue weighted by Crippen LogP contribution is -1.96. The molecule has 4 unspecified atom stereocenters. The van der Waals surface area contributed by atoms with Crippen LogP contribution in [0.1, 0.15) is 37.2 Å². The van der Waals surface area contributed by atoms with Gasteiger partial charge in [-0.1, -0.05) is 36.4 Å². The lowest BCUT2D eigenvalue weighted by Gasteiger charge is -2.12. The summed E-state index contributed by atoms with van der Waals surface area (Å²) >= 11 is 0. The van der Waals surface area contributed by atoms with Crippen molar-refractivity contribution >= 4 is 8.25 Å². The number of hydrogen-bond acceptors (Lipinski definition) is 5. The van der Waals surface area contributed by atoms with Crippen molar-refractivity contribution in [1.29, 1.82) is 0 Å². The molecule has 0 radical (unpaired) electrons. The van der Waals surface area contributed by atoms with Gasteiger partial charge in [0.25, 0.3) is 0 Å². The minimum absolute atomic E-state index is 0.00370. The standard InChI is InChI=1S/C18H19O5P/c1-11-17(20-11)13-7-3-5-9-15(13)22-24(19)23-16-10-6-4-8-14(16)18-12(2)21-18/h3-12,17-18,24H,1-2H3. The van der Waals surface area contributed by atoms with Crippen molar-refractivity contribution in [2.45, 2.75) is 38.3 Å². The number of epoxide rings is 2. The number of ether oxygens (including phenoxy) is 2. The van der Waals surface area contributed by atoms with E-state index in [9.17, 15) is 4.57 Å². The molecule has 0 N–H and O–H groups in total. The van der Waals surface area contributed by atoms with Crippen LogP contribution in [-0.4, -0.2) is 12.2 Å². The van der Waals surface area contributed by atoms with Gasteiger partial charge in [0.05, 0.1) is 12.2 Å². The highest BCUT2D eigenvalue weighted by molar-refractivity contribution is 7.34. The van der Waals surface area contributed by atoms with E-state index in [2.05, 4.69) is 0 Å². The van der Waals surface area contributed by atoms with Crippen LogP contribution in [0.4, 0.5) is 0 Å². The van der Waals surface area contributed by atoms with Gasteiger partial charge in [-0.05, 0) is 26.0 Å². The molecule has 5 nitrogen and oxygen atoms in total. The average Bonchev–Trinajstić information content (AvgIpc) is 3.47. The quantitative estimate of drug-likeness (QED) is 0.571. The van der Waals surface area contributed by atoms with Crippen molar-refractivity contribution < 1.29 is 23.1 Å². The smallest absolute Gasteiger partial charge is 0.418 e. The lowest BCUT2D eigenvalue weighted by molar-refractivity contribution is 0.372. The van der Waals surface area contributed by atoms with Gasteiger partial charge in [-0.25, -0.2) is 4.57 Å². The van der Waals surface area contributed by atoms with E-state index < -0.39 is 8.25 Å². The monoisotopic (exact) mass is 346 g/mol. The normalized spacial score (nSPS) is 28.9. The molecule has 0 saturated carbocycles. The summed E-state index contributed by atoms with van der Waals surface area (Å²) in [6.45, 7) is 3.99. The van der Waals surface area contributed by atoms with E-state index in [0.717, 1.165) is 11.1 Å². The molecule has 0 bridgehead atoms. The Labute approximate surface area is 141 Å². The van der Waals surface area contributed by atoms with E-state index in [1.165, 1.54) is 0 Å². The van der Waals surface area contributed by atoms with Gasteiger partial charge in [0, 0.05) is 11.1 Å². The molecule has 4 rings (SSSR count). The van der Waals surface area contributed by atoms with Gasteiger partial charge in [0.1, 0.15) is 23.7 Å². The number of para-hydroxylation sites is 2. The van der Waals surface area contributed by atoms with E-state index in [4.69, 9.17) is 18.5 Å². The summed E-state index contributed by atoms with van der Waals surface area (Å²) in [5.41, 5.74) is 1.80. The molecule has 2 aromatic rings. The Morgan fingerprint density at radius 2 is 1.17 bits per heavy atom. The highest BCUT2D eigenvalue weighted by atomic mass is 31.1. The third-order valence-corrected chi connectivity index (χ3v) is 5.03. The van der Waals surface area contributed by atoms with Crippen LogP contribution >= 0.6 is 8.25 Å². The predicted molar refractivity (Wildman–Crippen MR) is 89.7 cm³/mol. The zero-order valence-corrected chi connectivity index (χ0v) is 14.5. The first-order valence-corrected chi connectivity index (χ1v) is 9.24. The Hall–Kier alpha value is -1.81. The van der Waals surface area contributed by atoms with E-state index in [1.54, 1.807) is 12.1 Å². The first-order valence-electron chi connectivity index (χ1n) is 8.02. The molecule has 2 aromatic carbocycles. The predicted octanol–water partition coefficient (Wildman–Crippen LogP) is 4.45. The van der Waals surface area contributed by atoms with E-state index in [-0.39, 0.29) is 24.4 Å². The summed E-state index contributed by atoms with van der Waals surface area (Å²) in [5, 5.41) is 0. The molecule has 0 amide bonds. The molecule has 0 spiro atoms. The SMILES string of the molecule is CC1OC1c1ccccc1O[PH](=O)Oc1ccccc1C1OC1C.